The molecule has 1 saturated heterocycles. The number of benzene rings is 1. The second-order valence-corrected chi connectivity index (χ2v) is 7.59. The van der Waals surface area contributed by atoms with Crippen molar-refractivity contribution < 1.29 is 0 Å². The highest BCUT2D eigenvalue weighted by molar-refractivity contribution is 7.22. The lowest BCUT2D eigenvalue weighted by atomic mass is 10.1. The summed E-state index contributed by atoms with van der Waals surface area (Å²) >= 11 is 1.53. The van der Waals surface area contributed by atoms with Gasteiger partial charge in [-0.25, -0.2) is 9.97 Å². The molecule has 0 unspecified atom stereocenters. The minimum Gasteiger partial charge on any atom is -0.371 e. The zero-order valence-corrected chi connectivity index (χ0v) is 16.1. The third kappa shape index (κ3) is 3.79. The Kier molecular flexibility index (Phi) is 5.03. The molecular formula is C21H21N5S. The van der Waals surface area contributed by atoms with E-state index in [0.717, 1.165) is 40.7 Å². The Morgan fingerprint density at radius 3 is 2.93 bits per heavy atom. The van der Waals surface area contributed by atoms with Gasteiger partial charge in [0.15, 0.2) is 5.13 Å². The number of nitrogens with zero attached hydrogens (tertiary/aromatic N) is 4. The fraction of sp³-hybridized carbons (Fsp3) is 0.286. The number of pyridine rings is 1. The van der Waals surface area contributed by atoms with Gasteiger partial charge in [-0.2, -0.15) is 5.26 Å². The van der Waals surface area contributed by atoms with Crippen molar-refractivity contribution in [3.8, 4) is 6.07 Å². The normalized spacial score (nSPS) is 14.5. The van der Waals surface area contributed by atoms with Crippen molar-refractivity contribution in [1.29, 1.82) is 5.26 Å². The third-order valence-corrected chi connectivity index (χ3v) is 5.59. The molecule has 0 amide bonds. The predicted octanol–water partition coefficient (Wildman–Crippen LogP) is 5.15. The highest BCUT2D eigenvalue weighted by Gasteiger charge is 2.16. The van der Waals surface area contributed by atoms with Gasteiger partial charge in [-0.1, -0.05) is 24.3 Å². The van der Waals surface area contributed by atoms with E-state index < -0.39 is 0 Å². The highest BCUT2D eigenvalue weighted by Crippen LogP contribution is 2.30. The molecule has 1 aromatic carbocycles. The van der Waals surface area contributed by atoms with Crippen LogP contribution in [-0.2, 0) is 0 Å². The van der Waals surface area contributed by atoms with Crippen molar-refractivity contribution >= 4 is 38.2 Å². The Bertz CT molecular complexity index is 1020. The monoisotopic (exact) mass is 375 g/mol. The average Bonchev–Trinajstić information content (AvgIpc) is 3.35. The SMILES string of the molecule is CC/C=C(/c1ccnc(Nc2nc3ccc(C#N)cc3s2)c1)N1CCCC1. The van der Waals surface area contributed by atoms with Crippen molar-refractivity contribution in [2.24, 2.45) is 0 Å². The average molecular weight is 376 g/mol. The fourth-order valence-corrected chi connectivity index (χ4v) is 4.31. The van der Waals surface area contributed by atoms with Crippen LogP contribution in [0, 0.1) is 11.3 Å². The number of allylic oxidation sites excluding steroid dienone is 1. The number of fused-ring (bicyclic) bond motifs is 1. The van der Waals surface area contributed by atoms with Gasteiger partial charge in [0, 0.05) is 30.5 Å². The van der Waals surface area contributed by atoms with Crippen LogP contribution < -0.4 is 5.32 Å². The number of hydrogen-bond acceptors (Lipinski definition) is 6. The zero-order chi connectivity index (χ0) is 18.6. The van der Waals surface area contributed by atoms with Crippen LogP contribution in [0.3, 0.4) is 0 Å². The molecule has 0 bridgehead atoms. The molecule has 0 radical (unpaired) electrons. The number of aromatic nitrogens is 2. The Hall–Kier alpha value is -2.91. The first kappa shape index (κ1) is 17.5. The summed E-state index contributed by atoms with van der Waals surface area (Å²) in [6.07, 6.45) is 7.67. The van der Waals surface area contributed by atoms with E-state index in [0.29, 0.717) is 5.56 Å². The first-order chi connectivity index (χ1) is 13.3. The number of anilines is 2. The number of rotatable bonds is 5. The first-order valence-electron chi connectivity index (χ1n) is 9.26. The van der Waals surface area contributed by atoms with Crippen molar-refractivity contribution in [2.75, 3.05) is 18.4 Å². The summed E-state index contributed by atoms with van der Waals surface area (Å²) < 4.78 is 0.997. The lowest BCUT2D eigenvalue weighted by Gasteiger charge is -2.22. The van der Waals surface area contributed by atoms with Gasteiger partial charge in [0.05, 0.1) is 21.8 Å². The Balaban J connectivity index is 1.60. The van der Waals surface area contributed by atoms with Gasteiger partial charge >= 0.3 is 0 Å². The molecule has 3 aromatic rings. The molecule has 1 fully saturated rings. The van der Waals surface area contributed by atoms with Crippen LogP contribution in [0.15, 0.2) is 42.6 Å². The van der Waals surface area contributed by atoms with E-state index in [-0.39, 0.29) is 0 Å². The number of nitriles is 1. The van der Waals surface area contributed by atoms with Crippen LogP contribution in [0.4, 0.5) is 10.9 Å². The van der Waals surface area contributed by atoms with Gasteiger partial charge in [-0.15, -0.1) is 0 Å². The molecule has 1 aliphatic heterocycles. The van der Waals surface area contributed by atoms with Crippen molar-refractivity contribution in [3.05, 3.63) is 53.7 Å². The quantitative estimate of drug-likeness (QED) is 0.668. The fourth-order valence-electron chi connectivity index (χ4n) is 3.40. The van der Waals surface area contributed by atoms with E-state index in [1.54, 1.807) is 6.07 Å². The molecular weight excluding hydrogens is 354 g/mol. The number of thiazole rings is 1. The van der Waals surface area contributed by atoms with Crippen LogP contribution in [0.2, 0.25) is 0 Å². The first-order valence-corrected chi connectivity index (χ1v) is 10.1. The van der Waals surface area contributed by atoms with Crippen LogP contribution in [-0.4, -0.2) is 28.0 Å². The molecule has 6 heteroatoms. The molecule has 0 saturated carbocycles. The van der Waals surface area contributed by atoms with E-state index in [9.17, 15) is 0 Å². The predicted molar refractivity (Wildman–Crippen MR) is 111 cm³/mol. The molecule has 0 atom stereocenters. The maximum absolute atomic E-state index is 9.05. The molecule has 1 aliphatic rings. The Labute approximate surface area is 163 Å². The van der Waals surface area contributed by atoms with Crippen molar-refractivity contribution in [1.82, 2.24) is 14.9 Å². The highest BCUT2D eigenvalue weighted by atomic mass is 32.1. The summed E-state index contributed by atoms with van der Waals surface area (Å²) in [6.45, 7) is 4.42. The largest absolute Gasteiger partial charge is 0.371 e. The number of hydrogen-bond donors (Lipinski definition) is 1. The third-order valence-electron chi connectivity index (χ3n) is 4.65. The standard InChI is InChI=1S/C21H21N5S/c1-2-5-18(26-10-3-4-11-26)16-8-9-23-20(13-16)25-21-24-17-7-6-15(14-22)12-19(17)27-21/h5-9,12-13H,2-4,10-11H2,1H3,(H,23,24,25)/b18-5-. The molecule has 4 rings (SSSR count). The molecule has 3 heterocycles. The summed E-state index contributed by atoms with van der Waals surface area (Å²) in [7, 11) is 0. The Morgan fingerprint density at radius 2 is 2.15 bits per heavy atom. The molecule has 0 spiro atoms. The maximum atomic E-state index is 9.05. The van der Waals surface area contributed by atoms with Crippen LogP contribution in [0.1, 0.15) is 37.3 Å². The van der Waals surface area contributed by atoms with Gasteiger partial charge in [-0.05, 0) is 49.6 Å². The summed E-state index contributed by atoms with van der Waals surface area (Å²) in [5, 5.41) is 13.2. The Morgan fingerprint density at radius 1 is 1.30 bits per heavy atom. The molecule has 136 valence electrons. The lowest BCUT2D eigenvalue weighted by Crippen LogP contribution is -2.17. The maximum Gasteiger partial charge on any atom is 0.189 e. The van der Waals surface area contributed by atoms with Crippen LogP contribution in [0.5, 0.6) is 0 Å². The molecule has 27 heavy (non-hydrogen) atoms. The molecule has 1 N–H and O–H groups in total. The van der Waals surface area contributed by atoms with E-state index in [4.69, 9.17) is 5.26 Å². The lowest BCUT2D eigenvalue weighted by molar-refractivity contribution is 0.491. The van der Waals surface area contributed by atoms with Gasteiger partial charge in [0.25, 0.3) is 0 Å². The van der Waals surface area contributed by atoms with Crippen molar-refractivity contribution in [2.45, 2.75) is 26.2 Å². The number of likely N-dealkylation sites (tertiary alicyclic amines) is 1. The zero-order valence-electron chi connectivity index (χ0n) is 15.3. The van der Waals surface area contributed by atoms with Gasteiger partial charge in [0.2, 0.25) is 0 Å². The van der Waals surface area contributed by atoms with E-state index >= 15 is 0 Å². The van der Waals surface area contributed by atoms with Gasteiger partial charge in [-0.3, -0.25) is 0 Å². The molecule has 0 aliphatic carbocycles. The molecule has 5 nitrogen and oxygen atoms in total. The van der Waals surface area contributed by atoms with Crippen molar-refractivity contribution in [3.63, 3.8) is 0 Å². The summed E-state index contributed by atoms with van der Waals surface area (Å²) in [4.78, 5) is 11.5. The van der Waals surface area contributed by atoms with E-state index in [1.165, 1.54) is 35.4 Å². The molecule has 2 aromatic heterocycles. The second kappa shape index (κ2) is 7.77. The number of nitrogens with one attached hydrogen (secondary N) is 1. The smallest absolute Gasteiger partial charge is 0.189 e. The van der Waals surface area contributed by atoms with E-state index in [2.05, 4.69) is 51.4 Å². The van der Waals surface area contributed by atoms with Crippen LogP contribution in [0.25, 0.3) is 15.9 Å². The second-order valence-electron chi connectivity index (χ2n) is 6.56. The topological polar surface area (TPSA) is 64.8 Å². The summed E-state index contributed by atoms with van der Waals surface area (Å²) in [5.41, 5.74) is 4.02. The van der Waals surface area contributed by atoms with E-state index in [1.807, 2.05) is 18.3 Å². The minimum atomic E-state index is 0.651. The van der Waals surface area contributed by atoms with Crippen LogP contribution >= 0.6 is 11.3 Å². The minimum absolute atomic E-state index is 0.651. The summed E-state index contributed by atoms with van der Waals surface area (Å²) in [6, 6.07) is 11.9. The summed E-state index contributed by atoms with van der Waals surface area (Å²) in [5.74, 6) is 0.785. The van der Waals surface area contributed by atoms with Gasteiger partial charge in [0.1, 0.15) is 5.82 Å². The van der Waals surface area contributed by atoms with Gasteiger partial charge < -0.3 is 10.2 Å².